The van der Waals surface area contributed by atoms with Crippen LogP contribution in [0.15, 0.2) is 23.8 Å². The van der Waals surface area contributed by atoms with Crippen LogP contribution in [0.4, 0.5) is 0 Å². The summed E-state index contributed by atoms with van der Waals surface area (Å²) < 4.78 is 0. The molecule has 0 aromatic heterocycles. The van der Waals surface area contributed by atoms with Crippen molar-refractivity contribution in [1.82, 2.24) is 0 Å². The van der Waals surface area contributed by atoms with Crippen LogP contribution in [0.3, 0.4) is 0 Å². The quantitative estimate of drug-likeness (QED) is 0.473. The molecular formula is C11H23N. The van der Waals surface area contributed by atoms with Crippen LogP contribution in [-0.2, 0) is 0 Å². The Bertz CT molecular complexity index is 132. The topological polar surface area (TPSA) is 23.9 Å². The lowest BCUT2D eigenvalue weighted by Crippen LogP contribution is -1.74. The average molecular weight is 169 g/mol. The molecule has 0 atom stereocenters. The second-order valence-corrected chi connectivity index (χ2v) is 1.80. The number of allylic oxidation sites excluding steroid dienone is 3. The van der Waals surface area contributed by atoms with Crippen LogP contribution in [0.1, 0.15) is 41.5 Å². The average Bonchev–Trinajstić information content (AvgIpc) is 2.12. The van der Waals surface area contributed by atoms with Crippen molar-refractivity contribution in [1.29, 1.82) is 5.41 Å². The maximum absolute atomic E-state index is 6.68. The number of nitrogens with one attached hydrogen (secondary N) is 1. The van der Waals surface area contributed by atoms with Gasteiger partial charge in [0, 0.05) is 6.21 Å². The molecule has 0 spiro atoms. The van der Waals surface area contributed by atoms with Gasteiger partial charge in [-0.25, -0.2) is 0 Å². The number of rotatable bonds is 2. The first kappa shape index (κ1) is 17.3. The Morgan fingerprint density at radius 3 is 1.50 bits per heavy atom. The van der Waals surface area contributed by atoms with Gasteiger partial charge in [0.05, 0.1) is 0 Å². The minimum absolute atomic E-state index is 1.02. The first-order chi connectivity index (χ1) is 5.68. The number of hydrogen-bond donors (Lipinski definition) is 1. The summed E-state index contributed by atoms with van der Waals surface area (Å²) in [6.45, 7) is 15.6. The van der Waals surface area contributed by atoms with E-state index >= 15 is 0 Å². The van der Waals surface area contributed by atoms with E-state index in [0.29, 0.717) is 0 Å². The Morgan fingerprint density at radius 1 is 1.08 bits per heavy atom. The maximum Gasteiger partial charge on any atom is 0.0180 e. The van der Waals surface area contributed by atoms with Crippen LogP contribution in [-0.4, -0.2) is 6.21 Å². The van der Waals surface area contributed by atoms with Crippen LogP contribution >= 0.6 is 0 Å². The zero-order chi connectivity index (χ0) is 10.6. The second kappa shape index (κ2) is 16.6. The highest BCUT2D eigenvalue weighted by Crippen LogP contribution is 2.01. The standard InChI is InChI=1S/C7H11N.2C2H6/c1-6(2)7(3)4-5-8;2*1-2/h4-5,8H,1H2,2-3H3;2*1-2H3/b7-4-,8-5?;;. The molecule has 0 fully saturated rings. The molecule has 72 valence electrons. The normalized spacial score (nSPS) is 8.33. The van der Waals surface area contributed by atoms with Crippen LogP contribution in [0.25, 0.3) is 0 Å². The molecule has 0 heterocycles. The highest BCUT2D eigenvalue weighted by Gasteiger charge is 1.83. The van der Waals surface area contributed by atoms with E-state index in [0.717, 1.165) is 11.1 Å². The van der Waals surface area contributed by atoms with E-state index in [1.165, 1.54) is 6.21 Å². The van der Waals surface area contributed by atoms with Gasteiger partial charge >= 0.3 is 0 Å². The molecule has 1 nitrogen and oxygen atoms in total. The Labute approximate surface area is 77.7 Å². The Balaban J connectivity index is -0.000000175. The third-order valence-electron chi connectivity index (χ3n) is 1.01. The van der Waals surface area contributed by atoms with Crippen molar-refractivity contribution in [2.45, 2.75) is 41.5 Å². The molecule has 0 rings (SSSR count). The Morgan fingerprint density at radius 2 is 1.42 bits per heavy atom. The summed E-state index contributed by atoms with van der Waals surface area (Å²) in [6.07, 6.45) is 2.99. The zero-order valence-corrected chi connectivity index (χ0v) is 9.36. The molecule has 0 bridgehead atoms. The molecule has 1 N–H and O–H groups in total. The van der Waals surface area contributed by atoms with Gasteiger partial charge < -0.3 is 5.41 Å². The first-order valence-corrected chi connectivity index (χ1v) is 4.51. The van der Waals surface area contributed by atoms with E-state index < -0.39 is 0 Å². The molecule has 12 heavy (non-hydrogen) atoms. The molecule has 0 radical (unpaired) electrons. The summed E-state index contributed by atoms with van der Waals surface area (Å²) in [5, 5.41) is 6.68. The highest BCUT2D eigenvalue weighted by molar-refractivity contribution is 5.70. The molecule has 0 saturated heterocycles. The van der Waals surface area contributed by atoms with E-state index in [2.05, 4.69) is 6.58 Å². The van der Waals surface area contributed by atoms with Gasteiger partial charge in [0.2, 0.25) is 0 Å². The molecule has 0 unspecified atom stereocenters. The van der Waals surface area contributed by atoms with Gasteiger partial charge in [-0.3, -0.25) is 0 Å². The molecule has 1 heteroatoms. The van der Waals surface area contributed by atoms with Gasteiger partial charge in [-0.1, -0.05) is 39.8 Å². The van der Waals surface area contributed by atoms with Crippen LogP contribution in [0, 0.1) is 5.41 Å². The molecular weight excluding hydrogens is 146 g/mol. The molecule has 0 aliphatic rings. The largest absolute Gasteiger partial charge is 0.309 e. The van der Waals surface area contributed by atoms with E-state index in [1.54, 1.807) is 6.08 Å². The van der Waals surface area contributed by atoms with Crippen molar-refractivity contribution in [2.24, 2.45) is 0 Å². The van der Waals surface area contributed by atoms with Gasteiger partial charge in [-0.2, -0.15) is 0 Å². The van der Waals surface area contributed by atoms with Crippen molar-refractivity contribution in [2.75, 3.05) is 0 Å². The number of hydrogen-bond acceptors (Lipinski definition) is 1. The lowest BCUT2D eigenvalue weighted by Gasteiger charge is -1.92. The maximum atomic E-state index is 6.68. The van der Waals surface area contributed by atoms with E-state index in [1.807, 2.05) is 41.5 Å². The lowest BCUT2D eigenvalue weighted by atomic mass is 10.1. The van der Waals surface area contributed by atoms with Gasteiger partial charge in [-0.05, 0) is 25.5 Å². The van der Waals surface area contributed by atoms with Crippen molar-refractivity contribution in [3.05, 3.63) is 23.8 Å². The summed E-state index contributed by atoms with van der Waals surface area (Å²) >= 11 is 0. The SMILES string of the molecule is C=C(C)/C(C)=C\C=N.CC.CC. The minimum Gasteiger partial charge on any atom is -0.309 e. The van der Waals surface area contributed by atoms with Crippen LogP contribution < -0.4 is 0 Å². The van der Waals surface area contributed by atoms with Crippen molar-refractivity contribution in [3.63, 3.8) is 0 Å². The van der Waals surface area contributed by atoms with Crippen molar-refractivity contribution in [3.8, 4) is 0 Å². The predicted molar refractivity (Wildman–Crippen MR) is 60.1 cm³/mol. The van der Waals surface area contributed by atoms with Gasteiger partial charge in [0.1, 0.15) is 0 Å². The molecule has 0 aliphatic carbocycles. The van der Waals surface area contributed by atoms with E-state index in [9.17, 15) is 0 Å². The smallest absolute Gasteiger partial charge is 0.0180 e. The summed E-state index contributed by atoms with van der Waals surface area (Å²) in [5.74, 6) is 0. The van der Waals surface area contributed by atoms with Gasteiger partial charge in [0.15, 0.2) is 0 Å². The lowest BCUT2D eigenvalue weighted by molar-refractivity contribution is 1.37. The molecule has 0 aromatic rings. The molecule has 0 amide bonds. The third-order valence-corrected chi connectivity index (χ3v) is 1.01. The van der Waals surface area contributed by atoms with Gasteiger partial charge in [0.25, 0.3) is 0 Å². The minimum atomic E-state index is 1.02. The van der Waals surface area contributed by atoms with E-state index in [4.69, 9.17) is 5.41 Å². The fourth-order valence-corrected chi connectivity index (χ4v) is 0.267. The first-order valence-electron chi connectivity index (χ1n) is 4.51. The summed E-state index contributed by atoms with van der Waals surface area (Å²) in [4.78, 5) is 0. The molecule has 0 aromatic carbocycles. The van der Waals surface area contributed by atoms with Crippen molar-refractivity contribution >= 4 is 6.21 Å². The second-order valence-electron chi connectivity index (χ2n) is 1.80. The Hall–Kier alpha value is -0.850. The van der Waals surface area contributed by atoms with Crippen molar-refractivity contribution < 1.29 is 0 Å². The van der Waals surface area contributed by atoms with Crippen LogP contribution in [0.2, 0.25) is 0 Å². The summed E-state index contributed by atoms with van der Waals surface area (Å²) in [7, 11) is 0. The summed E-state index contributed by atoms with van der Waals surface area (Å²) in [6, 6.07) is 0. The highest BCUT2D eigenvalue weighted by atomic mass is 14.3. The zero-order valence-electron chi connectivity index (χ0n) is 9.36. The summed E-state index contributed by atoms with van der Waals surface area (Å²) in [5.41, 5.74) is 2.09. The molecule has 0 saturated carbocycles. The fourth-order valence-electron chi connectivity index (χ4n) is 0.267. The van der Waals surface area contributed by atoms with E-state index in [-0.39, 0.29) is 0 Å². The predicted octanol–water partition coefficient (Wildman–Crippen LogP) is 4.21. The third kappa shape index (κ3) is 16.1. The molecule has 0 aliphatic heterocycles. The fraction of sp³-hybridized carbons (Fsp3) is 0.545. The van der Waals surface area contributed by atoms with Gasteiger partial charge in [-0.15, -0.1) is 0 Å². The monoisotopic (exact) mass is 169 g/mol. The van der Waals surface area contributed by atoms with Crippen LogP contribution in [0.5, 0.6) is 0 Å². The Kier molecular flexibility index (Phi) is 24.0.